The van der Waals surface area contributed by atoms with Crippen LogP contribution in [0.2, 0.25) is 0 Å². The van der Waals surface area contributed by atoms with Crippen molar-refractivity contribution in [2.24, 2.45) is 0 Å². The minimum atomic E-state index is -1.96. The van der Waals surface area contributed by atoms with E-state index in [1.165, 1.54) is 0 Å². The van der Waals surface area contributed by atoms with Crippen molar-refractivity contribution < 1.29 is 119 Å². The minimum absolute atomic E-state index is 0.207. The van der Waals surface area contributed by atoms with Gasteiger partial charge in [-0.2, -0.15) is 0 Å². The van der Waals surface area contributed by atoms with Gasteiger partial charge < -0.3 is 71.1 Å². The number of unbranched alkanes of at least 4 members (excludes halogenated alkanes) is 1. The first-order valence-electron chi connectivity index (χ1n) is 21.4. The maximum Gasteiger partial charge on any atom is 0.303 e. The number of rotatable bonds is 21. The maximum absolute atomic E-state index is 13.0. The second kappa shape index (κ2) is 26.7. The highest BCUT2D eigenvalue weighted by Gasteiger charge is 2.60. The monoisotopic (exact) mass is 976 g/mol. The summed E-state index contributed by atoms with van der Waals surface area (Å²) in [5, 5.41) is 0. The van der Waals surface area contributed by atoms with Crippen LogP contribution in [-0.2, 0) is 119 Å². The van der Waals surface area contributed by atoms with Gasteiger partial charge in [-0.1, -0.05) is 6.08 Å². The summed E-state index contributed by atoms with van der Waals surface area (Å²) in [7, 11) is 0. The van der Waals surface area contributed by atoms with Crippen LogP contribution in [0.25, 0.3) is 0 Å². The Morgan fingerprint density at radius 1 is 0.368 bits per heavy atom. The Labute approximate surface area is 391 Å². The Balaban J connectivity index is 2.30. The van der Waals surface area contributed by atoms with Gasteiger partial charge in [0.15, 0.2) is 55.3 Å². The first kappa shape index (κ1) is 56.6. The van der Waals surface area contributed by atoms with E-state index in [1.54, 1.807) is 6.08 Å². The molecule has 15 atom stereocenters. The summed E-state index contributed by atoms with van der Waals surface area (Å²) in [4.78, 5) is 125. The molecule has 3 saturated heterocycles. The first-order valence-corrected chi connectivity index (χ1v) is 21.4. The van der Waals surface area contributed by atoms with Gasteiger partial charge in [-0.05, 0) is 19.3 Å². The van der Waals surface area contributed by atoms with Crippen LogP contribution in [0.3, 0.4) is 0 Å². The molecule has 3 fully saturated rings. The van der Waals surface area contributed by atoms with Gasteiger partial charge >= 0.3 is 59.7 Å². The van der Waals surface area contributed by atoms with Crippen molar-refractivity contribution in [2.75, 3.05) is 19.8 Å². The fraction of sp³-hybridized carbons (Fsp3) is 0.721. The van der Waals surface area contributed by atoms with E-state index in [-0.39, 0.29) is 6.42 Å². The van der Waals surface area contributed by atoms with E-state index in [1.807, 2.05) is 0 Å². The number of ether oxygens (including phenoxy) is 15. The third-order valence-corrected chi connectivity index (χ3v) is 9.86. The van der Waals surface area contributed by atoms with Crippen molar-refractivity contribution in [3.05, 3.63) is 12.7 Å². The van der Waals surface area contributed by atoms with E-state index in [2.05, 4.69) is 6.58 Å². The molecule has 3 aliphatic heterocycles. The molecule has 0 aromatic carbocycles. The van der Waals surface area contributed by atoms with Gasteiger partial charge in [0.25, 0.3) is 0 Å². The van der Waals surface area contributed by atoms with Crippen molar-refractivity contribution in [1.82, 2.24) is 0 Å². The van der Waals surface area contributed by atoms with Gasteiger partial charge in [-0.3, -0.25) is 47.9 Å². The van der Waals surface area contributed by atoms with Crippen molar-refractivity contribution in [2.45, 2.75) is 180 Å². The van der Waals surface area contributed by atoms with Crippen molar-refractivity contribution in [3.8, 4) is 0 Å². The first-order chi connectivity index (χ1) is 31.9. The zero-order valence-corrected chi connectivity index (χ0v) is 39.4. The largest absolute Gasteiger partial charge is 0.463 e. The van der Waals surface area contributed by atoms with E-state index >= 15 is 0 Å². The van der Waals surface area contributed by atoms with Crippen LogP contribution in [-0.4, -0.2) is 171 Å². The second-order valence-electron chi connectivity index (χ2n) is 15.6. The van der Waals surface area contributed by atoms with Crippen molar-refractivity contribution in [1.29, 1.82) is 0 Å². The molecule has 0 amide bonds. The van der Waals surface area contributed by atoms with Gasteiger partial charge in [-0.25, -0.2) is 0 Å². The van der Waals surface area contributed by atoms with Crippen LogP contribution >= 0.6 is 0 Å². The summed E-state index contributed by atoms with van der Waals surface area (Å²) < 4.78 is 86.9. The molecule has 0 aromatic heterocycles. The lowest BCUT2D eigenvalue weighted by Crippen LogP contribution is -2.68. The zero-order chi connectivity index (χ0) is 51.0. The summed E-state index contributed by atoms with van der Waals surface area (Å²) in [5.41, 5.74) is 0. The topological polar surface area (TPSA) is 309 Å². The van der Waals surface area contributed by atoms with Gasteiger partial charge in [0.2, 0.25) is 0 Å². The van der Waals surface area contributed by atoms with Crippen LogP contribution < -0.4 is 0 Å². The maximum atomic E-state index is 13.0. The smallest absolute Gasteiger partial charge is 0.303 e. The summed E-state index contributed by atoms with van der Waals surface area (Å²) in [5.74, 6) is -9.09. The molecule has 0 bridgehead atoms. The lowest BCUT2D eigenvalue weighted by molar-refractivity contribution is -0.374. The van der Waals surface area contributed by atoms with Gasteiger partial charge in [0.05, 0.1) is 6.10 Å². The Morgan fingerprint density at radius 2 is 0.647 bits per heavy atom. The highest BCUT2D eigenvalue weighted by molar-refractivity contribution is 5.70. The van der Waals surface area contributed by atoms with E-state index in [9.17, 15) is 47.9 Å². The predicted molar refractivity (Wildman–Crippen MR) is 219 cm³/mol. The Bertz CT molecular complexity index is 1830. The van der Waals surface area contributed by atoms with Crippen LogP contribution in [0.4, 0.5) is 0 Å². The molecule has 25 nitrogen and oxygen atoms in total. The predicted octanol–water partition coefficient (Wildman–Crippen LogP) is 0.542. The molecular formula is C43H60O25. The van der Waals surface area contributed by atoms with Gasteiger partial charge in [0.1, 0.15) is 50.3 Å². The summed E-state index contributed by atoms with van der Waals surface area (Å²) in [6.45, 7) is 12.0. The highest BCUT2D eigenvalue weighted by Crippen LogP contribution is 2.38. The molecule has 0 radical (unpaired) electrons. The quantitative estimate of drug-likeness (QED) is 0.0656. The van der Waals surface area contributed by atoms with Crippen LogP contribution in [0.1, 0.15) is 88.5 Å². The molecule has 68 heavy (non-hydrogen) atoms. The van der Waals surface area contributed by atoms with Crippen LogP contribution in [0.5, 0.6) is 0 Å². The molecule has 0 aliphatic carbocycles. The third-order valence-electron chi connectivity index (χ3n) is 9.86. The normalized spacial score (nSPS) is 31.0. The van der Waals surface area contributed by atoms with Crippen LogP contribution in [0.15, 0.2) is 12.7 Å². The van der Waals surface area contributed by atoms with Gasteiger partial charge in [0, 0.05) is 69.2 Å². The number of esters is 10. The number of hydrogen-bond donors (Lipinski definition) is 0. The van der Waals surface area contributed by atoms with Crippen LogP contribution in [0, 0.1) is 0 Å². The summed E-state index contributed by atoms with van der Waals surface area (Å²) in [6.07, 6.45) is -22.1. The lowest BCUT2D eigenvalue weighted by Gasteiger charge is -2.50. The molecule has 0 N–H and O–H groups in total. The molecule has 0 saturated carbocycles. The minimum Gasteiger partial charge on any atom is -0.463 e. The SMILES string of the molecule is C=CCCC[C@@H]1O[C@H](COC(C)=O)[C@@H](O[C@@H]2O[C@H](COC(C)=O)[C@@H](O[C@@H]3O[C@H](COC(C)=O)[C@H](OC(C)=O)[C@H](OC(C)=O)[C@H]3OC(C)=O)[C@H](OC(C)=O)[C@H]2OC(C)=O)[C@H](OC(C)=O)[C@H]1OC(C)=O. The molecule has 3 heterocycles. The number of allylic oxidation sites excluding steroid dienone is 1. The fourth-order valence-electron chi connectivity index (χ4n) is 7.58. The number of carbonyl (C=O) groups is 10. The van der Waals surface area contributed by atoms with E-state index in [0.717, 1.165) is 69.2 Å². The van der Waals surface area contributed by atoms with Crippen molar-refractivity contribution in [3.63, 3.8) is 0 Å². The average Bonchev–Trinajstić information content (AvgIpc) is 3.20. The molecule has 382 valence electrons. The van der Waals surface area contributed by atoms with E-state index in [0.29, 0.717) is 12.8 Å². The van der Waals surface area contributed by atoms with Crippen molar-refractivity contribution >= 4 is 59.7 Å². The summed E-state index contributed by atoms with van der Waals surface area (Å²) in [6, 6.07) is 0. The van der Waals surface area contributed by atoms with E-state index in [4.69, 9.17) is 71.1 Å². The average molecular weight is 977 g/mol. The number of carbonyl (C=O) groups excluding carboxylic acids is 10. The standard InChI is InChI=1S/C43H60O25/c1-12-13-14-15-29-33(57-22(5)47)37(59-24(7)49)35(30(64-29)16-54-19(2)44)67-43-41(63-28(11)53)39(61-26(9)51)36(32(66-43)18-56-21(4)46)68-42-40(62-27(10)52)38(60-25(8)50)34(58-23(6)48)31(65-42)17-55-20(3)45/h12,29-43H,1,13-18H2,2-11H3/t29-,30+,31+,32+,33-,34-,35+,36+,37+,38-,39-,40+,41+,42-,43-/m0/s1. The molecule has 0 unspecified atom stereocenters. The van der Waals surface area contributed by atoms with Gasteiger partial charge in [-0.15, -0.1) is 6.58 Å². The summed E-state index contributed by atoms with van der Waals surface area (Å²) >= 11 is 0. The fourth-order valence-corrected chi connectivity index (χ4v) is 7.58. The molecule has 3 rings (SSSR count). The molecule has 0 spiro atoms. The highest BCUT2D eigenvalue weighted by atomic mass is 16.8. The Kier molecular flexibility index (Phi) is 22.2. The lowest BCUT2D eigenvalue weighted by atomic mass is 9.91. The second-order valence-corrected chi connectivity index (χ2v) is 15.6. The third kappa shape index (κ3) is 17.4. The molecule has 0 aromatic rings. The Hall–Kier alpha value is -5.76. The molecule has 3 aliphatic rings. The zero-order valence-electron chi connectivity index (χ0n) is 39.4. The van der Waals surface area contributed by atoms with E-state index < -0.39 is 171 Å². The number of hydrogen-bond acceptors (Lipinski definition) is 25. The Morgan fingerprint density at radius 3 is 0.985 bits per heavy atom. The molecule has 25 heteroatoms. The molecular weight excluding hydrogens is 916 g/mol.